The molecule has 9 heteroatoms. The molecule has 0 spiro atoms. The van der Waals surface area contributed by atoms with Crippen LogP contribution in [0, 0.1) is 5.92 Å². The van der Waals surface area contributed by atoms with Gasteiger partial charge in [0.15, 0.2) is 0 Å². The Morgan fingerprint density at radius 2 is 1.82 bits per heavy atom. The zero-order chi connectivity index (χ0) is 23.4. The standard InChI is InChI=1S/C24H27N7O2/c1-4-22(32)31-24(33)30(21(27-31)13-8-16(2)3)15-17-9-11-18(12-10-17)19-6-5-7-20(14-19)23-25-28-29-26-23/h5-7,9-12,14,16H,4,8,13,15H2,1-3H3,(H,25,26,28,29). The van der Waals surface area contributed by atoms with Crippen LogP contribution in [0.4, 0.5) is 0 Å². The fourth-order valence-electron chi connectivity index (χ4n) is 3.62. The number of hydrogen-bond acceptors (Lipinski definition) is 6. The fraction of sp³-hybridized carbons (Fsp3) is 0.333. The summed E-state index contributed by atoms with van der Waals surface area (Å²) in [6.07, 6.45) is 1.78. The van der Waals surface area contributed by atoms with Crippen LogP contribution in [0.3, 0.4) is 0 Å². The average molecular weight is 446 g/mol. The van der Waals surface area contributed by atoms with Crippen molar-refractivity contribution in [3.05, 3.63) is 70.4 Å². The Kier molecular flexibility index (Phi) is 6.58. The molecule has 2 heterocycles. The normalized spacial score (nSPS) is 11.3. The fourth-order valence-corrected chi connectivity index (χ4v) is 3.62. The number of aryl methyl sites for hydroxylation is 1. The summed E-state index contributed by atoms with van der Waals surface area (Å²) in [5.41, 5.74) is 3.52. The lowest BCUT2D eigenvalue weighted by Gasteiger charge is -2.09. The minimum atomic E-state index is -0.377. The molecular weight excluding hydrogens is 418 g/mol. The van der Waals surface area contributed by atoms with Crippen LogP contribution in [0.15, 0.2) is 53.3 Å². The van der Waals surface area contributed by atoms with Crippen molar-refractivity contribution in [2.75, 3.05) is 0 Å². The number of benzene rings is 2. The van der Waals surface area contributed by atoms with Crippen molar-refractivity contribution in [2.24, 2.45) is 5.92 Å². The van der Waals surface area contributed by atoms with Crippen molar-refractivity contribution in [1.82, 2.24) is 35.0 Å². The van der Waals surface area contributed by atoms with Gasteiger partial charge >= 0.3 is 5.69 Å². The van der Waals surface area contributed by atoms with E-state index in [-0.39, 0.29) is 18.0 Å². The molecular formula is C24H27N7O2. The van der Waals surface area contributed by atoms with Crippen LogP contribution >= 0.6 is 0 Å². The van der Waals surface area contributed by atoms with Gasteiger partial charge in [0.1, 0.15) is 5.82 Å². The molecule has 0 fully saturated rings. The Hall–Kier alpha value is -3.88. The minimum Gasteiger partial charge on any atom is -0.274 e. The van der Waals surface area contributed by atoms with Gasteiger partial charge in [-0.3, -0.25) is 9.36 Å². The Morgan fingerprint density at radius 3 is 2.48 bits per heavy atom. The number of carbonyl (C=O) groups is 1. The number of carbonyl (C=O) groups excluding carboxylic acids is 1. The zero-order valence-corrected chi connectivity index (χ0v) is 19.0. The average Bonchev–Trinajstić information content (AvgIpc) is 3.47. The van der Waals surface area contributed by atoms with Crippen LogP contribution in [-0.2, 0) is 13.0 Å². The molecule has 0 unspecified atom stereocenters. The number of rotatable bonds is 8. The summed E-state index contributed by atoms with van der Waals surface area (Å²) in [5, 5.41) is 18.5. The van der Waals surface area contributed by atoms with Gasteiger partial charge in [-0.25, -0.2) is 4.79 Å². The van der Waals surface area contributed by atoms with Gasteiger partial charge in [0.05, 0.1) is 6.54 Å². The topological polar surface area (TPSA) is 111 Å². The van der Waals surface area contributed by atoms with Crippen molar-refractivity contribution >= 4 is 5.91 Å². The third-order valence-corrected chi connectivity index (χ3v) is 5.52. The van der Waals surface area contributed by atoms with E-state index >= 15 is 0 Å². The number of nitrogens with zero attached hydrogens (tertiary/aromatic N) is 6. The highest BCUT2D eigenvalue weighted by Gasteiger charge is 2.18. The molecule has 0 bridgehead atoms. The van der Waals surface area contributed by atoms with E-state index in [0.29, 0.717) is 30.5 Å². The predicted octanol–water partition coefficient (Wildman–Crippen LogP) is 3.58. The van der Waals surface area contributed by atoms with E-state index in [2.05, 4.69) is 39.6 Å². The monoisotopic (exact) mass is 445 g/mol. The van der Waals surface area contributed by atoms with E-state index in [9.17, 15) is 9.59 Å². The Morgan fingerprint density at radius 1 is 1.06 bits per heavy atom. The van der Waals surface area contributed by atoms with Gasteiger partial charge in [0.25, 0.3) is 5.91 Å². The van der Waals surface area contributed by atoms with Crippen LogP contribution in [-0.4, -0.2) is 40.9 Å². The van der Waals surface area contributed by atoms with Gasteiger partial charge in [0, 0.05) is 18.4 Å². The van der Waals surface area contributed by atoms with Crippen LogP contribution in [0.25, 0.3) is 22.5 Å². The molecule has 0 atom stereocenters. The van der Waals surface area contributed by atoms with Crippen LogP contribution in [0.5, 0.6) is 0 Å². The minimum absolute atomic E-state index is 0.234. The summed E-state index contributed by atoms with van der Waals surface area (Å²) >= 11 is 0. The van der Waals surface area contributed by atoms with E-state index in [1.165, 1.54) is 0 Å². The molecule has 2 aromatic heterocycles. The summed E-state index contributed by atoms with van der Waals surface area (Å²) in [5.74, 6) is 1.37. The number of aromatic amines is 1. The summed E-state index contributed by atoms with van der Waals surface area (Å²) in [6, 6.07) is 15.9. The maximum absolute atomic E-state index is 12.9. The highest BCUT2D eigenvalue weighted by molar-refractivity contribution is 5.77. The molecule has 4 rings (SSSR count). The smallest absolute Gasteiger partial charge is 0.274 e. The maximum atomic E-state index is 12.9. The van der Waals surface area contributed by atoms with Gasteiger partial charge in [-0.2, -0.15) is 5.21 Å². The summed E-state index contributed by atoms with van der Waals surface area (Å²) < 4.78 is 2.62. The molecule has 4 aromatic rings. The SMILES string of the molecule is CCC(=O)n1nc(CCC(C)C)n(Cc2ccc(-c3cccc(-c4nn[nH]n4)c3)cc2)c1=O. The molecule has 0 aliphatic heterocycles. The first-order valence-electron chi connectivity index (χ1n) is 11.1. The van der Waals surface area contributed by atoms with Gasteiger partial charge in [-0.15, -0.1) is 20.0 Å². The summed E-state index contributed by atoms with van der Waals surface area (Å²) in [6.45, 7) is 6.35. The maximum Gasteiger partial charge on any atom is 0.353 e. The second-order valence-electron chi connectivity index (χ2n) is 8.39. The van der Waals surface area contributed by atoms with Crippen molar-refractivity contribution in [2.45, 2.75) is 46.6 Å². The first-order valence-corrected chi connectivity index (χ1v) is 11.1. The van der Waals surface area contributed by atoms with Crippen molar-refractivity contribution < 1.29 is 4.79 Å². The Labute approximate surface area is 191 Å². The van der Waals surface area contributed by atoms with Gasteiger partial charge in [-0.05, 0) is 40.3 Å². The Balaban J connectivity index is 1.59. The van der Waals surface area contributed by atoms with E-state index in [4.69, 9.17) is 0 Å². The third-order valence-electron chi connectivity index (χ3n) is 5.52. The molecule has 2 aromatic carbocycles. The molecule has 0 saturated carbocycles. The lowest BCUT2D eigenvalue weighted by atomic mass is 10.0. The highest BCUT2D eigenvalue weighted by Crippen LogP contribution is 2.24. The predicted molar refractivity (Wildman–Crippen MR) is 125 cm³/mol. The third kappa shape index (κ3) is 4.97. The van der Waals surface area contributed by atoms with Crippen molar-refractivity contribution in [3.63, 3.8) is 0 Å². The van der Waals surface area contributed by atoms with E-state index in [0.717, 1.165) is 33.4 Å². The van der Waals surface area contributed by atoms with E-state index in [1.807, 2.05) is 48.5 Å². The molecule has 0 aliphatic carbocycles. The molecule has 170 valence electrons. The first-order chi connectivity index (χ1) is 16.0. The van der Waals surface area contributed by atoms with Crippen LogP contribution in [0.2, 0.25) is 0 Å². The number of aromatic nitrogens is 7. The lowest BCUT2D eigenvalue weighted by Crippen LogP contribution is -2.30. The largest absolute Gasteiger partial charge is 0.353 e. The molecule has 0 amide bonds. The second kappa shape index (κ2) is 9.72. The Bertz CT molecular complexity index is 1290. The molecule has 1 N–H and O–H groups in total. The van der Waals surface area contributed by atoms with Crippen LogP contribution in [0.1, 0.15) is 49.8 Å². The summed E-state index contributed by atoms with van der Waals surface area (Å²) in [7, 11) is 0. The van der Waals surface area contributed by atoms with Crippen molar-refractivity contribution in [1.29, 1.82) is 0 Å². The van der Waals surface area contributed by atoms with E-state index < -0.39 is 0 Å². The van der Waals surface area contributed by atoms with Crippen molar-refractivity contribution in [3.8, 4) is 22.5 Å². The summed E-state index contributed by atoms with van der Waals surface area (Å²) in [4.78, 5) is 25.1. The highest BCUT2D eigenvalue weighted by atomic mass is 16.2. The van der Waals surface area contributed by atoms with E-state index in [1.54, 1.807) is 11.5 Å². The molecule has 0 radical (unpaired) electrons. The quantitative estimate of drug-likeness (QED) is 0.444. The molecule has 0 aliphatic rings. The van der Waals surface area contributed by atoms with Gasteiger partial charge in [0.2, 0.25) is 5.82 Å². The number of H-pyrrole nitrogens is 1. The number of tetrazole rings is 1. The first kappa shape index (κ1) is 22.3. The second-order valence-corrected chi connectivity index (χ2v) is 8.39. The lowest BCUT2D eigenvalue weighted by molar-refractivity contribution is 0.0887. The molecule has 33 heavy (non-hydrogen) atoms. The number of hydrogen-bond donors (Lipinski definition) is 1. The number of nitrogens with one attached hydrogen (secondary N) is 1. The molecule has 0 saturated heterocycles. The van der Waals surface area contributed by atoms with Gasteiger partial charge in [-0.1, -0.05) is 63.2 Å². The zero-order valence-electron chi connectivity index (χ0n) is 19.0. The molecule has 9 nitrogen and oxygen atoms in total. The van der Waals surface area contributed by atoms with Crippen LogP contribution < -0.4 is 5.69 Å². The van der Waals surface area contributed by atoms with Gasteiger partial charge < -0.3 is 0 Å².